The summed E-state index contributed by atoms with van der Waals surface area (Å²) >= 11 is 0. The van der Waals surface area contributed by atoms with Crippen molar-refractivity contribution in [2.45, 2.75) is 75.1 Å². The van der Waals surface area contributed by atoms with Crippen LogP contribution < -0.4 is 0 Å². The molecule has 0 unspecified atom stereocenters. The molecule has 0 aromatic heterocycles. The fourth-order valence-electron chi connectivity index (χ4n) is 4.76. The van der Waals surface area contributed by atoms with Gasteiger partial charge in [-0.1, -0.05) is 104 Å². The summed E-state index contributed by atoms with van der Waals surface area (Å²) in [6, 6.07) is 13.1. The van der Waals surface area contributed by atoms with E-state index in [9.17, 15) is 35.9 Å². The molecule has 0 saturated carbocycles. The molecule has 2 rings (SSSR count). The first-order valence-electron chi connectivity index (χ1n) is 15.3. The number of methoxy groups -OCH3 is 2. The fourth-order valence-corrected chi connectivity index (χ4v) is 4.76. The molecule has 0 N–H and O–H groups in total. The molecular formula is C37H38F6O6. The Morgan fingerprint density at radius 2 is 1.33 bits per heavy atom. The quantitative estimate of drug-likeness (QED) is 0.0582. The Balaban J connectivity index is 1.84. The average molecular weight is 693 g/mol. The minimum Gasteiger partial charge on any atom is -0.463 e. The van der Waals surface area contributed by atoms with Gasteiger partial charge in [-0.25, -0.2) is 9.59 Å². The maximum atomic E-state index is 14.2. The van der Waals surface area contributed by atoms with Crippen molar-refractivity contribution in [3.05, 3.63) is 96.1 Å². The van der Waals surface area contributed by atoms with Gasteiger partial charge in [0.15, 0.2) is 0 Å². The van der Waals surface area contributed by atoms with Gasteiger partial charge in [-0.05, 0) is 43.6 Å². The molecule has 0 aliphatic carbocycles. The number of esters is 2. The number of hydrogen-bond donors (Lipinski definition) is 0. The van der Waals surface area contributed by atoms with Crippen LogP contribution in [0.5, 0.6) is 0 Å². The monoisotopic (exact) mass is 692 g/mol. The van der Waals surface area contributed by atoms with Gasteiger partial charge in [0.05, 0.1) is 6.61 Å². The molecule has 3 atom stereocenters. The van der Waals surface area contributed by atoms with Crippen LogP contribution in [0.1, 0.15) is 56.6 Å². The van der Waals surface area contributed by atoms with Crippen LogP contribution >= 0.6 is 0 Å². The summed E-state index contributed by atoms with van der Waals surface area (Å²) < 4.78 is 104. The zero-order chi connectivity index (χ0) is 36.4. The van der Waals surface area contributed by atoms with E-state index in [4.69, 9.17) is 14.2 Å². The Morgan fingerprint density at radius 1 is 0.776 bits per heavy atom. The van der Waals surface area contributed by atoms with Crippen LogP contribution in [0.2, 0.25) is 0 Å². The molecule has 0 fully saturated rings. The second kappa shape index (κ2) is 19.5. The number of halogens is 6. The van der Waals surface area contributed by atoms with E-state index in [0.717, 1.165) is 26.4 Å². The number of rotatable bonds is 16. The summed E-state index contributed by atoms with van der Waals surface area (Å²) in [6.07, 6.45) is -2.26. The van der Waals surface area contributed by atoms with E-state index in [-0.39, 0.29) is 31.4 Å². The summed E-state index contributed by atoms with van der Waals surface area (Å²) in [4.78, 5) is 25.4. The first-order valence-corrected chi connectivity index (χ1v) is 15.3. The van der Waals surface area contributed by atoms with Crippen LogP contribution in [-0.4, -0.2) is 51.2 Å². The second-order valence-electron chi connectivity index (χ2n) is 10.5. The smallest absolute Gasteiger partial charge is 0.432 e. The minimum absolute atomic E-state index is 0.175. The van der Waals surface area contributed by atoms with Gasteiger partial charge in [0, 0.05) is 31.8 Å². The molecule has 0 aliphatic rings. The van der Waals surface area contributed by atoms with E-state index in [1.165, 1.54) is 54.6 Å². The number of ether oxygens (including phenoxy) is 4. The number of alkyl halides is 6. The lowest BCUT2D eigenvalue weighted by molar-refractivity contribution is -0.278. The van der Waals surface area contributed by atoms with Crippen molar-refractivity contribution < 1.29 is 54.9 Å². The molecular weight excluding hydrogens is 654 g/mol. The van der Waals surface area contributed by atoms with Crippen LogP contribution in [0.25, 0.3) is 0 Å². The molecule has 0 spiro atoms. The lowest BCUT2D eigenvalue weighted by Gasteiger charge is -2.33. The first-order chi connectivity index (χ1) is 23.3. The molecule has 0 saturated heterocycles. The molecule has 0 bridgehead atoms. The maximum absolute atomic E-state index is 14.2. The molecule has 6 nitrogen and oxygen atoms in total. The van der Waals surface area contributed by atoms with Crippen LogP contribution in [0.4, 0.5) is 26.3 Å². The Hall–Kier alpha value is -4.52. The normalized spacial score (nSPS) is 14.9. The average Bonchev–Trinajstić information content (AvgIpc) is 3.05. The Kier molecular flexibility index (Phi) is 16.2. The summed E-state index contributed by atoms with van der Waals surface area (Å²) in [5.74, 6) is 7.48. The molecule has 0 radical (unpaired) electrons. The minimum atomic E-state index is -5.05. The predicted molar refractivity (Wildman–Crippen MR) is 170 cm³/mol. The van der Waals surface area contributed by atoms with Crippen molar-refractivity contribution >= 4 is 11.9 Å². The second-order valence-corrected chi connectivity index (χ2v) is 10.5. The number of allylic oxidation sites excluding steroid dienone is 4. The third kappa shape index (κ3) is 10.7. The number of unbranched alkanes of at least 4 members (excludes halogenated alkanes) is 1. The van der Waals surface area contributed by atoms with Gasteiger partial charge in [0.2, 0.25) is 0 Å². The van der Waals surface area contributed by atoms with E-state index in [1.807, 2.05) is 6.92 Å². The molecule has 0 aliphatic heterocycles. The largest absolute Gasteiger partial charge is 0.463 e. The van der Waals surface area contributed by atoms with Crippen molar-refractivity contribution in [3.63, 3.8) is 0 Å². The van der Waals surface area contributed by atoms with Gasteiger partial charge in [0.25, 0.3) is 11.2 Å². The van der Waals surface area contributed by atoms with Crippen LogP contribution in [0.15, 0.2) is 85.0 Å². The lowest BCUT2D eigenvalue weighted by Crippen LogP contribution is -2.52. The molecule has 0 amide bonds. The SMILES string of the molecule is CCC[C@H](CC/C=C/C=C/C#CC#CCCCOC(=O)[C@](OC)(c1ccccc1)C(F)(F)F)OC(=O)[C@](OC)(c1ccccc1)C(F)(F)F. The van der Waals surface area contributed by atoms with Gasteiger partial charge < -0.3 is 18.9 Å². The number of carbonyl (C=O) groups is 2. The predicted octanol–water partition coefficient (Wildman–Crippen LogP) is 8.13. The van der Waals surface area contributed by atoms with E-state index >= 15 is 0 Å². The van der Waals surface area contributed by atoms with Gasteiger partial charge in [-0.3, -0.25) is 0 Å². The lowest BCUT2D eigenvalue weighted by atomic mass is 9.92. The zero-order valence-corrected chi connectivity index (χ0v) is 27.3. The van der Waals surface area contributed by atoms with Crippen LogP contribution in [0.3, 0.4) is 0 Å². The maximum Gasteiger partial charge on any atom is 0.432 e. The van der Waals surface area contributed by atoms with Crippen molar-refractivity contribution in [1.82, 2.24) is 0 Å². The van der Waals surface area contributed by atoms with E-state index < -0.39 is 47.2 Å². The summed E-state index contributed by atoms with van der Waals surface area (Å²) in [5, 5.41) is 0. The van der Waals surface area contributed by atoms with E-state index in [1.54, 1.807) is 18.2 Å². The Morgan fingerprint density at radius 3 is 1.84 bits per heavy atom. The van der Waals surface area contributed by atoms with Crippen molar-refractivity contribution in [1.29, 1.82) is 0 Å². The highest BCUT2D eigenvalue weighted by Crippen LogP contribution is 2.44. The standard InChI is InChI=1S/C37H38F6O6/c1-4-22-31(49-33(45)35(47-3,37(41,42)43)30-25-18-15-19-26-30)27-20-12-10-8-6-5-7-9-11-13-21-28-48-32(44)34(46-2,36(38,39)40)29-23-16-14-17-24-29/h6,8,10,12,14-19,23-26,31H,4,13,20-22,27-28H2,1-3H3/b8-6+,12-10+/t31-,34-,35-/m1/s1. The zero-order valence-electron chi connectivity index (χ0n) is 27.3. The van der Waals surface area contributed by atoms with Gasteiger partial charge in [0.1, 0.15) is 6.10 Å². The number of hydrogen-bond acceptors (Lipinski definition) is 6. The number of benzene rings is 2. The summed E-state index contributed by atoms with van der Waals surface area (Å²) in [7, 11) is 1.62. The molecule has 0 heterocycles. The third-order valence-electron chi connectivity index (χ3n) is 7.22. The summed E-state index contributed by atoms with van der Waals surface area (Å²) in [6.45, 7) is 1.53. The first kappa shape index (κ1) is 40.7. The van der Waals surface area contributed by atoms with Crippen molar-refractivity contribution in [2.24, 2.45) is 0 Å². The van der Waals surface area contributed by atoms with Gasteiger partial charge in [-0.2, -0.15) is 26.3 Å². The highest BCUT2D eigenvalue weighted by Gasteiger charge is 2.65. The molecule has 264 valence electrons. The molecule has 12 heteroatoms. The fraction of sp³-hybridized carbons (Fsp3) is 0.405. The Bertz CT molecular complexity index is 1510. The highest BCUT2D eigenvalue weighted by atomic mass is 19.4. The summed E-state index contributed by atoms with van der Waals surface area (Å²) in [5.41, 5.74) is -7.25. The van der Waals surface area contributed by atoms with E-state index in [2.05, 4.69) is 28.4 Å². The highest BCUT2D eigenvalue weighted by molar-refractivity contribution is 5.83. The van der Waals surface area contributed by atoms with Crippen molar-refractivity contribution in [2.75, 3.05) is 20.8 Å². The van der Waals surface area contributed by atoms with E-state index in [0.29, 0.717) is 19.3 Å². The van der Waals surface area contributed by atoms with Crippen LogP contribution in [0, 0.1) is 23.7 Å². The van der Waals surface area contributed by atoms with Gasteiger partial charge in [-0.15, -0.1) is 0 Å². The topological polar surface area (TPSA) is 71.1 Å². The Labute approximate surface area is 282 Å². The molecule has 2 aromatic carbocycles. The third-order valence-corrected chi connectivity index (χ3v) is 7.22. The van der Waals surface area contributed by atoms with Gasteiger partial charge >= 0.3 is 24.3 Å². The number of carbonyl (C=O) groups excluding carboxylic acids is 2. The van der Waals surface area contributed by atoms with Crippen LogP contribution in [-0.2, 0) is 39.7 Å². The molecule has 49 heavy (non-hydrogen) atoms. The molecule has 2 aromatic rings. The van der Waals surface area contributed by atoms with Crippen molar-refractivity contribution in [3.8, 4) is 23.7 Å².